The molecular formula is C15H20O4. The number of carbonyl (C=O) groups is 1. The van der Waals surface area contributed by atoms with Gasteiger partial charge in [0.25, 0.3) is 0 Å². The third kappa shape index (κ3) is 5.30. The van der Waals surface area contributed by atoms with Crippen molar-refractivity contribution in [3.8, 4) is 5.75 Å². The van der Waals surface area contributed by atoms with Crippen LogP contribution in [-0.2, 0) is 4.74 Å². The summed E-state index contributed by atoms with van der Waals surface area (Å²) < 4.78 is 10.7. The van der Waals surface area contributed by atoms with Crippen molar-refractivity contribution in [2.45, 2.75) is 38.2 Å². The molecule has 1 saturated heterocycles. The van der Waals surface area contributed by atoms with Gasteiger partial charge in [0.15, 0.2) is 0 Å². The maximum atomic E-state index is 10.7. The van der Waals surface area contributed by atoms with Crippen molar-refractivity contribution in [1.29, 1.82) is 0 Å². The molecule has 1 aromatic rings. The summed E-state index contributed by atoms with van der Waals surface area (Å²) in [5.74, 6) is -0.178. The summed E-state index contributed by atoms with van der Waals surface area (Å²) in [6.07, 6.45) is 6.40. The topological polar surface area (TPSA) is 59.1 Å². The normalized spacial score (nSPS) is 17.2. The molecule has 0 aromatic heterocycles. The lowest BCUT2D eigenvalue weighted by molar-refractivity contribution is 0.0697. The van der Waals surface area contributed by atoms with Gasteiger partial charge in [-0.05, 0) is 37.1 Å². The highest BCUT2D eigenvalue weighted by Crippen LogP contribution is 2.18. The number of epoxide rings is 1. The lowest BCUT2D eigenvalue weighted by atomic mass is 10.1. The first-order chi connectivity index (χ1) is 9.25. The molecule has 1 aliphatic heterocycles. The zero-order valence-electron chi connectivity index (χ0n) is 11.0. The highest BCUT2D eigenvalue weighted by Gasteiger charge is 2.20. The summed E-state index contributed by atoms with van der Waals surface area (Å²) >= 11 is 0. The molecule has 0 aliphatic carbocycles. The minimum absolute atomic E-state index is 0.287. The Bertz CT molecular complexity index is 395. The molecule has 0 saturated carbocycles. The molecule has 4 heteroatoms. The monoisotopic (exact) mass is 264 g/mol. The van der Waals surface area contributed by atoms with E-state index in [4.69, 9.17) is 14.6 Å². The maximum absolute atomic E-state index is 10.7. The lowest BCUT2D eigenvalue weighted by Gasteiger charge is -2.06. The van der Waals surface area contributed by atoms with E-state index in [-0.39, 0.29) is 5.56 Å². The van der Waals surface area contributed by atoms with Gasteiger partial charge in [-0.2, -0.15) is 0 Å². The summed E-state index contributed by atoms with van der Waals surface area (Å²) in [6.45, 7) is 1.64. The van der Waals surface area contributed by atoms with E-state index in [0.29, 0.717) is 12.7 Å². The number of ether oxygens (including phenoxy) is 2. The largest absolute Gasteiger partial charge is 0.494 e. The predicted octanol–water partition coefficient (Wildman–Crippen LogP) is 3.11. The van der Waals surface area contributed by atoms with Gasteiger partial charge in [-0.3, -0.25) is 0 Å². The standard InChI is InChI=1S/C15H20O4/c16-15(17)12-6-8-13(9-7-12)18-10-4-2-1-3-5-14-11-19-14/h6-9,14H,1-5,10-11H2,(H,16,17). The Balaban J connectivity index is 1.53. The van der Waals surface area contributed by atoms with Crippen LogP contribution in [0.25, 0.3) is 0 Å². The van der Waals surface area contributed by atoms with Crippen molar-refractivity contribution in [3.05, 3.63) is 29.8 Å². The number of benzene rings is 1. The molecule has 19 heavy (non-hydrogen) atoms. The van der Waals surface area contributed by atoms with Gasteiger partial charge in [0.05, 0.1) is 24.9 Å². The summed E-state index contributed by atoms with van der Waals surface area (Å²) in [4.78, 5) is 10.7. The molecule has 0 radical (unpaired) electrons. The molecule has 1 aliphatic rings. The van der Waals surface area contributed by atoms with Crippen LogP contribution in [0.3, 0.4) is 0 Å². The number of hydrogen-bond acceptors (Lipinski definition) is 3. The molecule has 0 amide bonds. The van der Waals surface area contributed by atoms with Crippen LogP contribution in [0.15, 0.2) is 24.3 Å². The van der Waals surface area contributed by atoms with E-state index in [0.717, 1.165) is 18.8 Å². The first kappa shape index (κ1) is 13.9. The molecule has 104 valence electrons. The van der Waals surface area contributed by atoms with E-state index in [9.17, 15) is 4.79 Å². The molecule has 2 rings (SSSR count). The van der Waals surface area contributed by atoms with Gasteiger partial charge in [0.1, 0.15) is 5.75 Å². The number of hydrogen-bond donors (Lipinski definition) is 1. The molecule has 1 unspecified atom stereocenters. The van der Waals surface area contributed by atoms with Gasteiger partial charge in [-0.25, -0.2) is 4.79 Å². The highest BCUT2D eigenvalue weighted by atomic mass is 16.6. The smallest absolute Gasteiger partial charge is 0.335 e. The quantitative estimate of drug-likeness (QED) is 0.550. The van der Waals surface area contributed by atoms with Crippen molar-refractivity contribution in [3.63, 3.8) is 0 Å². The summed E-state index contributed by atoms with van der Waals surface area (Å²) in [5, 5.41) is 8.77. The number of unbranched alkanes of at least 4 members (excludes halogenated alkanes) is 3. The number of carboxylic acids is 1. The zero-order valence-corrected chi connectivity index (χ0v) is 11.0. The van der Waals surface area contributed by atoms with Gasteiger partial charge < -0.3 is 14.6 Å². The van der Waals surface area contributed by atoms with Crippen LogP contribution in [0.5, 0.6) is 5.75 Å². The second kappa shape index (κ2) is 7.14. The Kier molecular flexibility index (Phi) is 5.21. The Morgan fingerprint density at radius 3 is 2.53 bits per heavy atom. The van der Waals surface area contributed by atoms with Gasteiger partial charge in [0.2, 0.25) is 0 Å². The fraction of sp³-hybridized carbons (Fsp3) is 0.533. The Labute approximate surface area is 113 Å². The van der Waals surface area contributed by atoms with E-state index in [2.05, 4.69) is 0 Å². The SMILES string of the molecule is O=C(O)c1ccc(OCCCCCCC2CO2)cc1. The zero-order chi connectivity index (χ0) is 13.5. The van der Waals surface area contributed by atoms with Crippen molar-refractivity contribution < 1.29 is 19.4 Å². The van der Waals surface area contributed by atoms with E-state index < -0.39 is 5.97 Å². The van der Waals surface area contributed by atoms with E-state index in [1.807, 2.05) is 0 Å². The molecule has 0 spiro atoms. The predicted molar refractivity (Wildman–Crippen MR) is 71.7 cm³/mol. The lowest BCUT2D eigenvalue weighted by Crippen LogP contribution is -1.99. The average molecular weight is 264 g/mol. The molecular weight excluding hydrogens is 244 g/mol. The van der Waals surface area contributed by atoms with Crippen LogP contribution in [0.1, 0.15) is 42.5 Å². The number of rotatable bonds is 9. The number of carboxylic acid groups (broad SMARTS) is 1. The molecule has 1 atom stereocenters. The van der Waals surface area contributed by atoms with Crippen LogP contribution in [-0.4, -0.2) is 30.4 Å². The van der Waals surface area contributed by atoms with Crippen LogP contribution in [0.4, 0.5) is 0 Å². The summed E-state index contributed by atoms with van der Waals surface area (Å²) in [7, 11) is 0. The first-order valence-corrected chi connectivity index (χ1v) is 6.83. The highest BCUT2D eigenvalue weighted by molar-refractivity contribution is 5.87. The molecule has 1 fully saturated rings. The van der Waals surface area contributed by atoms with E-state index in [1.165, 1.54) is 25.7 Å². The second-order valence-electron chi connectivity index (χ2n) is 4.84. The fourth-order valence-corrected chi connectivity index (χ4v) is 1.95. The third-order valence-corrected chi connectivity index (χ3v) is 3.19. The summed E-state index contributed by atoms with van der Waals surface area (Å²) in [6, 6.07) is 6.53. The van der Waals surface area contributed by atoms with Crippen molar-refractivity contribution >= 4 is 5.97 Å². The average Bonchev–Trinajstić information content (AvgIpc) is 3.22. The number of aromatic carboxylic acids is 1. The third-order valence-electron chi connectivity index (χ3n) is 3.19. The molecule has 4 nitrogen and oxygen atoms in total. The minimum atomic E-state index is -0.911. The second-order valence-corrected chi connectivity index (χ2v) is 4.84. The van der Waals surface area contributed by atoms with Crippen molar-refractivity contribution in [2.24, 2.45) is 0 Å². The van der Waals surface area contributed by atoms with Crippen molar-refractivity contribution in [1.82, 2.24) is 0 Å². The Morgan fingerprint density at radius 2 is 1.89 bits per heavy atom. The van der Waals surface area contributed by atoms with E-state index in [1.54, 1.807) is 24.3 Å². The molecule has 1 heterocycles. The van der Waals surface area contributed by atoms with Crippen LogP contribution in [0.2, 0.25) is 0 Å². The summed E-state index contributed by atoms with van der Waals surface area (Å²) in [5.41, 5.74) is 0.287. The van der Waals surface area contributed by atoms with E-state index >= 15 is 0 Å². The maximum Gasteiger partial charge on any atom is 0.335 e. The fourth-order valence-electron chi connectivity index (χ4n) is 1.95. The first-order valence-electron chi connectivity index (χ1n) is 6.83. The van der Waals surface area contributed by atoms with Gasteiger partial charge in [-0.15, -0.1) is 0 Å². The van der Waals surface area contributed by atoms with Crippen LogP contribution < -0.4 is 4.74 Å². The Morgan fingerprint density at radius 1 is 1.21 bits per heavy atom. The van der Waals surface area contributed by atoms with Gasteiger partial charge in [-0.1, -0.05) is 19.3 Å². The minimum Gasteiger partial charge on any atom is -0.494 e. The molecule has 1 N–H and O–H groups in total. The molecule has 1 aromatic carbocycles. The van der Waals surface area contributed by atoms with Crippen LogP contribution >= 0.6 is 0 Å². The Hall–Kier alpha value is -1.55. The van der Waals surface area contributed by atoms with Gasteiger partial charge in [0, 0.05) is 0 Å². The van der Waals surface area contributed by atoms with Crippen molar-refractivity contribution in [2.75, 3.05) is 13.2 Å². The van der Waals surface area contributed by atoms with Gasteiger partial charge >= 0.3 is 5.97 Å². The van der Waals surface area contributed by atoms with Crippen LogP contribution in [0, 0.1) is 0 Å². The molecule has 0 bridgehead atoms.